The van der Waals surface area contributed by atoms with Crippen LogP contribution in [-0.2, 0) is 11.3 Å². The van der Waals surface area contributed by atoms with E-state index in [2.05, 4.69) is 0 Å². The second kappa shape index (κ2) is 4.33. The van der Waals surface area contributed by atoms with Crippen molar-refractivity contribution in [2.45, 2.75) is 39.8 Å². The second-order valence-electron chi connectivity index (χ2n) is 4.40. The highest BCUT2D eigenvalue weighted by Gasteiger charge is 2.20. The summed E-state index contributed by atoms with van der Waals surface area (Å²) in [7, 11) is 0. The summed E-state index contributed by atoms with van der Waals surface area (Å²) in [6, 6.07) is 1.81. The number of nitrogens with two attached hydrogens (primary N) is 1. The molecule has 1 aromatic rings. The monoisotopic (exact) mass is 227 g/mol. The molecule has 0 aromatic carbocycles. The van der Waals surface area contributed by atoms with Crippen LogP contribution >= 0.6 is 11.3 Å². The first-order chi connectivity index (χ1) is 6.83. The highest BCUT2D eigenvalue weighted by Crippen LogP contribution is 2.23. The number of hydrogen-bond donors (Lipinski definition) is 1. The first-order valence-electron chi connectivity index (χ1n) is 4.86. The van der Waals surface area contributed by atoms with Crippen LogP contribution in [0, 0.1) is 6.92 Å². The summed E-state index contributed by atoms with van der Waals surface area (Å²) in [4.78, 5) is 13.4. The molecule has 0 unspecified atom stereocenters. The molecule has 0 saturated heterocycles. The molecule has 0 aliphatic rings. The summed E-state index contributed by atoms with van der Waals surface area (Å²) in [6.07, 6.45) is 0. The second-order valence-corrected chi connectivity index (χ2v) is 5.65. The molecule has 0 aliphatic heterocycles. The number of thiophene rings is 1. The van der Waals surface area contributed by atoms with Gasteiger partial charge in [-0.1, -0.05) is 0 Å². The van der Waals surface area contributed by atoms with Gasteiger partial charge in [0.1, 0.15) is 10.5 Å². The van der Waals surface area contributed by atoms with E-state index in [4.69, 9.17) is 10.5 Å². The minimum absolute atomic E-state index is 0.268. The van der Waals surface area contributed by atoms with E-state index in [1.54, 1.807) is 0 Å². The van der Waals surface area contributed by atoms with E-state index in [1.165, 1.54) is 11.3 Å². The Morgan fingerprint density at radius 2 is 2.13 bits per heavy atom. The number of aryl methyl sites for hydroxylation is 1. The summed E-state index contributed by atoms with van der Waals surface area (Å²) < 4.78 is 5.27. The molecule has 1 rings (SSSR count). The van der Waals surface area contributed by atoms with E-state index in [0.717, 1.165) is 10.4 Å². The Morgan fingerprint density at radius 3 is 2.53 bits per heavy atom. The van der Waals surface area contributed by atoms with Crippen LogP contribution in [0.5, 0.6) is 0 Å². The van der Waals surface area contributed by atoms with E-state index in [0.29, 0.717) is 11.4 Å². The van der Waals surface area contributed by atoms with Crippen LogP contribution in [0.4, 0.5) is 0 Å². The Hall–Kier alpha value is -0.870. The Balaban J connectivity index is 2.83. The van der Waals surface area contributed by atoms with Crippen LogP contribution in [0.2, 0.25) is 0 Å². The molecule has 1 aromatic heterocycles. The maximum atomic E-state index is 11.7. The van der Waals surface area contributed by atoms with Crippen molar-refractivity contribution in [3.63, 3.8) is 0 Å². The third-order valence-corrected chi connectivity index (χ3v) is 2.91. The van der Waals surface area contributed by atoms with Gasteiger partial charge in [0.25, 0.3) is 0 Å². The van der Waals surface area contributed by atoms with Gasteiger partial charge in [-0.05, 0) is 39.3 Å². The predicted octanol–water partition coefficient (Wildman–Crippen LogP) is 2.47. The number of hydrogen-bond acceptors (Lipinski definition) is 4. The predicted molar refractivity (Wildman–Crippen MR) is 62.1 cm³/mol. The fourth-order valence-electron chi connectivity index (χ4n) is 1.15. The molecule has 1 heterocycles. The summed E-state index contributed by atoms with van der Waals surface area (Å²) >= 11 is 1.43. The number of carbonyl (C=O) groups excluding carboxylic acids is 1. The fourth-order valence-corrected chi connectivity index (χ4v) is 2.08. The van der Waals surface area contributed by atoms with Crippen molar-refractivity contribution in [2.75, 3.05) is 0 Å². The van der Waals surface area contributed by atoms with Crippen LogP contribution in [-0.4, -0.2) is 11.6 Å². The molecule has 3 nitrogen and oxygen atoms in total. The van der Waals surface area contributed by atoms with Gasteiger partial charge in [0.05, 0.1) is 0 Å². The molecule has 0 aliphatic carbocycles. The van der Waals surface area contributed by atoms with Gasteiger partial charge in [0.2, 0.25) is 0 Å². The van der Waals surface area contributed by atoms with Crippen molar-refractivity contribution in [2.24, 2.45) is 5.73 Å². The molecule has 0 radical (unpaired) electrons. The van der Waals surface area contributed by atoms with Crippen LogP contribution in [0.25, 0.3) is 0 Å². The molecule has 0 saturated carbocycles. The lowest BCUT2D eigenvalue weighted by Gasteiger charge is -2.18. The van der Waals surface area contributed by atoms with E-state index < -0.39 is 5.60 Å². The summed E-state index contributed by atoms with van der Waals surface area (Å²) in [5, 5.41) is 0. The molecular formula is C11H17NO2S. The maximum Gasteiger partial charge on any atom is 0.348 e. The molecule has 0 bridgehead atoms. The quantitative estimate of drug-likeness (QED) is 0.790. The molecule has 2 N–H and O–H groups in total. The number of ether oxygens (including phenoxy) is 1. The van der Waals surface area contributed by atoms with Gasteiger partial charge < -0.3 is 10.5 Å². The highest BCUT2D eigenvalue weighted by atomic mass is 32.1. The van der Waals surface area contributed by atoms with Crippen LogP contribution < -0.4 is 5.73 Å². The largest absolute Gasteiger partial charge is 0.456 e. The van der Waals surface area contributed by atoms with Gasteiger partial charge >= 0.3 is 5.97 Å². The third-order valence-electron chi connectivity index (χ3n) is 1.84. The molecule has 15 heavy (non-hydrogen) atoms. The lowest BCUT2D eigenvalue weighted by atomic mass is 10.2. The van der Waals surface area contributed by atoms with E-state index in [-0.39, 0.29) is 5.97 Å². The van der Waals surface area contributed by atoms with Crippen molar-refractivity contribution in [1.82, 2.24) is 0 Å². The van der Waals surface area contributed by atoms with Gasteiger partial charge in [0, 0.05) is 11.4 Å². The Bertz CT molecular complexity index is 363. The molecule has 0 atom stereocenters. The highest BCUT2D eigenvalue weighted by molar-refractivity contribution is 7.14. The molecule has 0 amide bonds. The van der Waals surface area contributed by atoms with Crippen LogP contribution in [0.15, 0.2) is 6.07 Å². The number of esters is 1. The normalized spacial score (nSPS) is 11.5. The topological polar surface area (TPSA) is 52.3 Å². The van der Waals surface area contributed by atoms with Gasteiger partial charge in [-0.15, -0.1) is 11.3 Å². The summed E-state index contributed by atoms with van der Waals surface area (Å²) in [6.45, 7) is 7.99. The summed E-state index contributed by atoms with van der Waals surface area (Å²) in [5.74, 6) is -0.268. The standard InChI is InChI=1S/C11H17NO2S/c1-7-8(6-12)5-9(15-7)10(13)14-11(2,3)4/h5H,6,12H2,1-4H3. The number of rotatable bonds is 2. The van der Waals surface area contributed by atoms with Gasteiger partial charge in [-0.3, -0.25) is 0 Å². The average Bonchev–Trinajstić information content (AvgIpc) is 2.43. The summed E-state index contributed by atoms with van der Waals surface area (Å²) in [5.41, 5.74) is 6.11. The van der Waals surface area contributed by atoms with E-state index in [1.807, 2.05) is 33.8 Å². The lowest BCUT2D eigenvalue weighted by Crippen LogP contribution is -2.23. The molecule has 0 spiro atoms. The number of carbonyl (C=O) groups is 1. The van der Waals surface area contributed by atoms with Gasteiger partial charge in [-0.25, -0.2) is 4.79 Å². The molecule has 84 valence electrons. The van der Waals surface area contributed by atoms with Crippen molar-refractivity contribution >= 4 is 17.3 Å². The van der Waals surface area contributed by atoms with Crippen LogP contribution in [0.3, 0.4) is 0 Å². The van der Waals surface area contributed by atoms with Crippen molar-refractivity contribution in [3.05, 3.63) is 21.4 Å². The maximum absolute atomic E-state index is 11.7. The minimum atomic E-state index is -0.447. The first-order valence-corrected chi connectivity index (χ1v) is 5.68. The Morgan fingerprint density at radius 1 is 1.53 bits per heavy atom. The Labute approximate surface area is 94.2 Å². The first kappa shape index (κ1) is 12.2. The Kier molecular flexibility index (Phi) is 3.52. The van der Waals surface area contributed by atoms with E-state index >= 15 is 0 Å². The van der Waals surface area contributed by atoms with Gasteiger partial charge in [0.15, 0.2) is 0 Å². The SMILES string of the molecule is Cc1sc(C(=O)OC(C)(C)C)cc1CN. The van der Waals surface area contributed by atoms with E-state index in [9.17, 15) is 4.79 Å². The third kappa shape index (κ3) is 3.32. The zero-order chi connectivity index (χ0) is 11.6. The minimum Gasteiger partial charge on any atom is -0.456 e. The average molecular weight is 227 g/mol. The van der Waals surface area contributed by atoms with Crippen molar-refractivity contribution in [3.8, 4) is 0 Å². The molecule has 4 heteroatoms. The van der Waals surface area contributed by atoms with Gasteiger partial charge in [-0.2, -0.15) is 0 Å². The molecule has 0 fully saturated rings. The zero-order valence-corrected chi connectivity index (χ0v) is 10.4. The lowest BCUT2D eigenvalue weighted by molar-refractivity contribution is 0.00752. The van der Waals surface area contributed by atoms with Crippen LogP contribution in [0.1, 0.15) is 40.9 Å². The van der Waals surface area contributed by atoms with Crippen molar-refractivity contribution in [1.29, 1.82) is 0 Å². The van der Waals surface area contributed by atoms with Crippen molar-refractivity contribution < 1.29 is 9.53 Å². The zero-order valence-electron chi connectivity index (χ0n) is 9.59. The smallest absolute Gasteiger partial charge is 0.348 e. The molecular weight excluding hydrogens is 210 g/mol. The fraction of sp³-hybridized carbons (Fsp3) is 0.545.